The molecule has 2 heterocycles. The number of nitrogens with one attached hydrogen (secondary N) is 1. The van der Waals surface area contributed by atoms with Gasteiger partial charge in [0, 0.05) is 35.8 Å². The van der Waals surface area contributed by atoms with Crippen LogP contribution in [0.5, 0.6) is 0 Å². The van der Waals surface area contributed by atoms with Crippen LogP contribution in [0, 0.1) is 0 Å². The van der Waals surface area contributed by atoms with Crippen molar-refractivity contribution >= 4 is 39.4 Å². The van der Waals surface area contributed by atoms with E-state index < -0.39 is 0 Å². The van der Waals surface area contributed by atoms with Gasteiger partial charge in [0.05, 0.1) is 6.26 Å². The number of benzene rings is 3. The third kappa shape index (κ3) is 4.30. The lowest BCUT2D eigenvalue weighted by Crippen LogP contribution is -2.29. The predicted molar refractivity (Wildman–Crippen MR) is 149 cm³/mol. The molecule has 0 bridgehead atoms. The van der Waals surface area contributed by atoms with Gasteiger partial charge in [0.1, 0.15) is 5.76 Å². The second-order valence-electron chi connectivity index (χ2n) is 9.95. The minimum Gasteiger partial charge on any atom is -0.464 e. The van der Waals surface area contributed by atoms with E-state index in [0.29, 0.717) is 6.04 Å². The molecule has 1 saturated heterocycles. The van der Waals surface area contributed by atoms with Crippen LogP contribution in [0.3, 0.4) is 0 Å². The van der Waals surface area contributed by atoms with E-state index in [1.807, 2.05) is 12.1 Å². The summed E-state index contributed by atoms with van der Waals surface area (Å²) in [7, 11) is 2.08. The van der Waals surface area contributed by atoms with Gasteiger partial charge >= 0.3 is 0 Å². The maximum absolute atomic E-state index is 5.20. The molecule has 1 N–H and O–H groups in total. The van der Waals surface area contributed by atoms with Gasteiger partial charge in [-0.3, -0.25) is 0 Å². The molecule has 3 aromatic carbocycles. The molecule has 3 nitrogen and oxygen atoms in total. The summed E-state index contributed by atoms with van der Waals surface area (Å²) < 4.78 is 5.20. The van der Waals surface area contributed by atoms with E-state index in [9.17, 15) is 0 Å². The number of nitrogens with zero attached hydrogens (tertiary/aromatic N) is 1. The number of rotatable bonds is 2. The van der Waals surface area contributed by atoms with Crippen LogP contribution in [0.1, 0.15) is 48.1 Å². The third-order valence-corrected chi connectivity index (χ3v) is 7.85. The Hall–Kier alpha value is -3.30. The highest BCUT2D eigenvalue weighted by Gasteiger charge is 2.23. The number of hydrogen-bond acceptors (Lipinski definition) is 3. The Morgan fingerprint density at radius 1 is 0.914 bits per heavy atom. The Morgan fingerprint density at radius 3 is 2.71 bits per heavy atom. The molecular formula is C32H34N2O. The topological polar surface area (TPSA) is 28.4 Å². The summed E-state index contributed by atoms with van der Waals surface area (Å²) in [6.07, 6.45) is 17.4. The highest BCUT2D eigenvalue weighted by Crippen LogP contribution is 2.38. The largest absolute Gasteiger partial charge is 0.464 e. The first-order valence-electron chi connectivity index (χ1n) is 13.1. The summed E-state index contributed by atoms with van der Waals surface area (Å²) in [6, 6.07) is 18.9. The van der Waals surface area contributed by atoms with Gasteiger partial charge in [-0.15, -0.1) is 0 Å². The minimum atomic E-state index is 0.609. The molecule has 0 unspecified atom stereocenters. The van der Waals surface area contributed by atoms with Gasteiger partial charge in [-0.1, -0.05) is 54.6 Å². The zero-order chi connectivity index (χ0) is 23.6. The Bertz CT molecular complexity index is 1380. The van der Waals surface area contributed by atoms with E-state index in [1.165, 1.54) is 64.9 Å². The maximum atomic E-state index is 5.20. The Morgan fingerprint density at radius 2 is 1.80 bits per heavy atom. The number of likely N-dealkylation sites (N-methyl/N-ethyl adjacent to an activating group) is 1. The molecule has 1 fully saturated rings. The van der Waals surface area contributed by atoms with Crippen LogP contribution in [0.25, 0.3) is 33.7 Å². The smallest absolute Gasteiger partial charge is 0.133 e. The first kappa shape index (κ1) is 22.2. The van der Waals surface area contributed by atoms with Crippen molar-refractivity contribution in [1.29, 1.82) is 0 Å². The summed E-state index contributed by atoms with van der Waals surface area (Å²) in [5.74, 6) is 0.966. The molecule has 1 aliphatic heterocycles. The van der Waals surface area contributed by atoms with Crippen molar-refractivity contribution < 1.29 is 4.42 Å². The van der Waals surface area contributed by atoms with Gasteiger partial charge in [0.25, 0.3) is 0 Å². The molecule has 0 saturated carbocycles. The predicted octanol–water partition coefficient (Wildman–Crippen LogP) is 7.38. The average molecular weight is 463 g/mol. The van der Waals surface area contributed by atoms with Crippen molar-refractivity contribution in [2.24, 2.45) is 0 Å². The van der Waals surface area contributed by atoms with Crippen molar-refractivity contribution in [2.45, 2.75) is 44.6 Å². The number of fused-ring (bicyclic) bond motifs is 6. The fourth-order valence-electron chi connectivity index (χ4n) is 5.96. The molecule has 1 atom stereocenters. The quantitative estimate of drug-likeness (QED) is 0.315. The number of anilines is 1. The van der Waals surface area contributed by atoms with Gasteiger partial charge < -0.3 is 14.6 Å². The first-order valence-corrected chi connectivity index (χ1v) is 13.1. The van der Waals surface area contributed by atoms with E-state index in [1.54, 1.807) is 17.4 Å². The van der Waals surface area contributed by atoms with Crippen LogP contribution in [0.2, 0.25) is 0 Å². The van der Waals surface area contributed by atoms with Gasteiger partial charge in [-0.2, -0.15) is 0 Å². The minimum absolute atomic E-state index is 0.609. The third-order valence-electron chi connectivity index (χ3n) is 7.85. The van der Waals surface area contributed by atoms with Crippen LogP contribution in [-0.4, -0.2) is 26.2 Å². The van der Waals surface area contributed by atoms with E-state index >= 15 is 0 Å². The lowest BCUT2D eigenvalue weighted by Gasteiger charge is -2.23. The van der Waals surface area contributed by atoms with E-state index in [-0.39, 0.29) is 0 Å². The molecule has 3 heteroatoms. The molecule has 2 aliphatic carbocycles. The summed E-state index contributed by atoms with van der Waals surface area (Å²) >= 11 is 0. The lowest BCUT2D eigenvalue weighted by atomic mass is 9.86. The molecule has 1 aromatic heterocycles. The van der Waals surface area contributed by atoms with E-state index in [0.717, 1.165) is 25.3 Å². The SMILES string of the molecule is C1=Cc2ccoc2C=CC1.CN[C@@H]1CCN(c2cccc3ccc4c5c(ccc4c23)CCCC5)C1. The van der Waals surface area contributed by atoms with Crippen LogP contribution in [-0.2, 0) is 12.8 Å². The molecule has 35 heavy (non-hydrogen) atoms. The molecule has 4 aromatic rings. The molecule has 0 spiro atoms. The van der Waals surface area contributed by atoms with Crippen molar-refractivity contribution in [2.75, 3.05) is 25.0 Å². The lowest BCUT2D eigenvalue weighted by molar-refractivity contribution is 0.556. The normalized spacial score (nSPS) is 18.8. The number of aryl methyl sites for hydroxylation is 2. The summed E-state index contributed by atoms with van der Waals surface area (Å²) in [5.41, 5.74) is 5.77. The van der Waals surface area contributed by atoms with Crippen molar-refractivity contribution in [3.05, 3.63) is 89.4 Å². The number of allylic oxidation sites excluding steroid dienone is 2. The maximum Gasteiger partial charge on any atom is 0.133 e. The van der Waals surface area contributed by atoms with Gasteiger partial charge in [-0.05, 0) is 91.1 Å². The van der Waals surface area contributed by atoms with Gasteiger partial charge in [0.2, 0.25) is 0 Å². The monoisotopic (exact) mass is 462 g/mol. The van der Waals surface area contributed by atoms with Crippen molar-refractivity contribution in [1.82, 2.24) is 5.32 Å². The van der Waals surface area contributed by atoms with Crippen LogP contribution < -0.4 is 10.2 Å². The molecule has 0 amide bonds. The molecule has 7 rings (SSSR count). The summed E-state index contributed by atoms with van der Waals surface area (Å²) in [5, 5.41) is 9.20. The highest BCUT2D eigenvalue weighted by molar-refractivity contribution is 6.14. The fraction of sp³-hybridized carbons (Fsp3) is 0.312. The average Bonchev–Trinajstić information content (AvgIpc) is 3.53. The second-order valence-corrected chi connectivity index (χ2v) is 9.95. The second kappa shape index (κ2) is 9.75. The summed E-state index contributed by atoms with van der Waals surface area (Å²) in [4.78, 5) is 2.57. The molecule has 0 radical (unpaired) electrons. The van der Waals surface area contributed by atoms with E-state index in [4.69, 9.17) is 4.42 Å². The fourth-order valence-corrected chi connectivity index (χ4v) is 5.96. The molecule has 3 aliphatic rings. The highest BCUT2D eigenvalue weighted by atomic mass is 16.3. The molecule has 178 valence electrons. The van der Waals surface area contributed by atoms with Crippen LogP contribution >= 0.6 is 0 Å². The molecular weight excluding hydrogens is 428 g/mol. The first-order chi connectivity index (χ1) is 17.3. The Kier molecular flexibility index (Phi) is 6.18. The van der Waals surface area contributed by atoms with Crippen molar-refractivity contribution in [3.8, 4) is 0 Å². The van der Waals surface area contributed by atoms with Gasteiger partial charge in [-0.25, -0.2) is 0 Å². The van der Waals surface area contributed by atoms with Crippen LogP contribution in [0.15, 0.2) is 71.4 Å². The van der Waals surface area contributed by atoms with Crippen molar-refractivity contribution in [3.63, 3.8) is 0 Å². The van der Waals surface area contributed by atoms with Gasteiger partial charge in [0.15, 0.2) is 0 Å². The zero-order valence-electron chi connectivity index (χ0n) is 20.6. The number of hydrogen-bond donors (Lipinski definition) is 1. The Labute approximate surface area is 208 Å². The standard InChI is InChI=1S/C23H26N2.C9H8O/c1-24-18-13-14-25(15-18)22-8-4-6-17-10-11-20-19-7-3-2-5-16(19)9-12-21(20)23(17)22;1-2-4-8-6-7-10-9(8)5-3-1/h4,6,8-12,18,24H,2-3,5,7,13-15H2,1H3;2-7H,1H2/t18-;/m1./s1. The van der Waals surface area contributed by atoms with Crippen LogP contribution in [0.4, 0.5) is 5.69 Å². The number of furan rings is 1. The summed E-state index contributed by atoms with van der Waals surface area (Å²) in [6.45, 7) is 2.25. The Balaban J connectivity index is 0.000000191. The van der Waals surface area contributed by atoms with E-state index in [2.05, 4.69) is 78.0 Å². The zero-order valence-corrected chi connectivity index (χ0v) is 20.6.